The molecular formula is C22H28F3N5O. The number of fused-ring (bicyclic) bond motifs is 1. The van der Waals surface area contributed by atoms with Gasteiger partial charge in [-0.3, -0.25) is 14.8 Å². The van der Waals surface area contributed by atoms with Gasteiger partial charge in [0.05, 0.1) is 11.3 Å². The molecule has 3 atom stereocenters. The van der Waals surface area contributed by atoms with Crippen LogP contribution in [0.3, 0.4) is 0 Å². The molecule has 1 amide bonds. The van der Waals surface area contributed by atoms with Crippen LogP contribution in [-0.2, 0) is 11.0 Å². The molecular weight excluding hydrogens is 407 g/mol. The molecule has 2 aliphatic rings. The second kappa shape index (κ2) is 8.61. The smallest absolute Gasteiger partial charge is 0.367 e. The number of carbonyl (C=O) groups excluding carboxylic acids is 1. The van der Waals surface area contributed by atoms with Crippen molar-refractivity contribution in [1.82, 2.24) is 20.2 Å². The molecule has 31 heavy (non-hydrogen) atoms. The quantitative estimate of drug-likeness (QED) is 0.799. The van der Waals surface area contributed by atoms with Crippen LogP contribution >= 0.6 is 0 Å². The normalized spacial score (nSPS) is 25.2. The lowest BCUT2D eigenvalue weighted by Crippen LogP contribution is -2.50. The minimum absolute atomic E-state index is 0.0515. The first-order valence-electron chi connectivity index (χ1n) is 10.7. The minimum Gasteiger partial charge on any atom is -0.367 e. The number of piperidine rings is 1. The summed E-state index contributed by atoms with van der Waals surface area (Å²) in [5.41, 5.74) is -0.0581. The van der Waals surface area contributed by atoms with Gasteiger partial charge in [0.25, 0.3) is 0 Å². The lowest BCUT2D eigenvalue weighted by molar-refractivity contribution is -0.136. The van der Waals surface area contributed by atoms with E-state index in [0.717, 1.165) is 32.0 Å². The van der Waals surface area contributed by atoms with E-state index in [4.69, 9.17) is 0 Å². The number of carbonyl (C=O) groups is 1. The van der Waals surface area contributed by atoms with E-state index in [-0.39, 0.29) is 28.9 Å². The van der Waals surface area contributed by atoms with E-state index in [2.05, 4.69) is 34.2 Å². The molecule has 2 aromatic rings. The van der Waals surface area contributed by atoms with Crippen LogP contribution in [0.15, 0.2) is 24.5 Å². The van der Waals surface area contributed by atoms with Gasteiger partial charge < -0.3 is 15.1 Å². The SMILES string of the molecule is C[C@H]1C[C@@H](NC(=O)CC2CCN(C)C2)CN(c2ccc(C(F)(F)F)c3nccnc23)C1. The molecule has 1 aromatic carbocycles. The van der Waals surface area contributed by atoms with Crippen molar-refractivity contribution in [2.45, 2.75) is 38.4 Å². The number of hydrogen-bond donors (Lipinski definition) is 1. The maximum atomic E-state index is 13.4. The largest absolute Gasteiger partial charge is 0.418 e. The number of aromatic nitrogens is 2. The third kappa shape index (κ3) is 4.92. The summed E-state index contributed by atoms with van der Waals surface area (Å²) in [4.78, 5) is 25.0. The van der Waals surface area contributed by atoms with Gasteiger partial charge in [-0.05, 0) is 50.4 Å². The Morgan fingerprint density at radius 3 is 2.58 bits per heavy atom. The van der Waals surface area contributed by atoms with Gasteiger partial charge in [-0.15, -0.1) is 0 Å². The van der Waals surface area contributed by atoms with Gasteiger partial charge >= 0.3 is 6.18 Å². The number of anilines is 1. The van der Waals surface area contributed by atoms with E-state index < -0.39 is 11.7 Å². The molecule has 2 aliphatic heterocycles. The number of amides is 1. The minimum atomic E-state index is -4.49. The molecule has 0 saturated carbocycles. The van der Waals surface area contributed by atoms with Gasteiger partial charge in [-0.25, -0.2) is 0 Å². The number of likely N-dealkylation sites (tertiary alicyclic amines) is 1. The molecule has 168 valence electrons. The first-order chi connectivity index (χ1) is 14.7. The summed E-state index contributed by atoms with van der Waals surface area (Å²) < 4.78 is 40.3. The van der Waals surface area contributed by atoms with Crippen LogP contribution in [-0.4, -0.2) is 60.0 Å². The van der Waals surface area contributed by atoms with Crippen LogP contribution in [0.2, 0.25) is 0 Å². The maximum Gasteiger partial charge on any atom is 0.418 e. The average Bonchev–Trinajstić information content (AvgIpc) is 3.10. The Morgan fingerprint density at radius 2 is 1.90 bits per heavy atom. The fraction of sp³-hybridized carbons (Fsp3) is 0.591. The molecule has 0 spiro atoms. The fourth-order valence-electron chi connectivity index (χ4n) is 4.92. The van der Waals surface area contributed by atoms with Crippen molar-refractivity contribution in [3.63, 3.8) is 0 Å². The Hall–Kier alpha value is -2.42. The Bertz CT molecular complexity index is 950. The van der Waals surface area contributed by atoms with Crippen LogP contribution in [0.4, 0.5) is 18.9 Å². The zero-order valence-electron chi connectivity index (χ0n) is 17.8. The third-order valence-corrected chi connectivity index (χ3v) is 6.24. The highest BCUT2D eigenvalue weighted by Gasteiger charge is 2.35. The standard InChI is InChI=1S/C22H28F3N5O/c1-14-9-16(28-19(31)10-15-5-8-29(2)12-15)13-30(11-14)18-4-3-17(22(23,24)25)20-21(18)27-7-6-26-20/h3-4,6-7,14-16H,5,8-13H2,1-2H3,(H,28,31)/t14-,15?,16+/m0/s1. The summed E-state index contributed by atoms with van der Waals surface area (Å²) in [6.07, 6.45) is 0.599. The molecule has 0 bridgehead atoms. The summed E-state index contributed by atoms with van der Waals surface area (Å²) in [5.74, 6) is 0.721. The van der Waals surface area contributed by atoms with Crippen molar-refractivity contribution in [2.75, 3.05) is 38.1 Å². The zero-order valence-corrected chi connectivity index (χ0v) is 17.8. The molecule has 0 aliphatic carbocycles. The number of nitrogens with zero attached hydrogens (tertiary/aromatic N) is 4. The number of hydrogen-bond acceptors (Lipinski definition) is 5. The number of alkyl halides is 3. The summed E-state index contributed by atoms with van der Waals surface area (Å²) in [7, 11) is 2.07. The Morgan fingerprint density at radius 1 is 1.16 bits per heavy atom. The van der Waals surface area contributed by atoms with Gasteiger partial charge in [-0.2, -0.15) is 13.2 Å². The van der Waals surface area contributed by atoms with Crippen molar-refractivity contribution in [1.29, 1.82) is 0 Å². The molecule has 1 unspecified atom stereocenters. The van der Waals surface area contributed by atoms with Gasteiger partial charge in [-0.1, -0.05) is 6.92 Å². The van der Waals surface area contributed by atoms with Crippen LogP contribution in [0.25, 0.3) is 11.0 Å². The average molecular weight is 435 g/mol. The van der Waals surface area contributed by atoms with E-state index in [1.807, 2.05) is 4.90 Å². The molecule has 3 heterocycles. The predicted octanol–water partition coefficient (Wildman–Crippen LogP) is 3.32. The Labute approximate surface area is 179 Å². The molecule has 6 nitrogen and oxygen atoms in total. The van der Waals surface area contributed by atoms with Crippen molar-refractivity contribution >= 4 is 22.6 Å². The fourth-order valence-corrected chi connectivity index (χ4v) is 4.92. The van der Waals surface area contributed by atoms with Crippen LogP contribution in [0.1, 0.15) is 31.7 Å². The monoisotopic (exact) mass is 435 g/mol. The molecule has 1 N–H and O–H groups in total. The molecule has 9 heteroatoms. The topological polar surface area (TPSA) is 61.4 Å². The van der Waals surface area contributed by atoms with E-state index in [0.29, 0.717) is 31.1 Å². The van der Waals surface area contributed by atoms with Crippen LogP contribution in [0.5, 0.6) is 0 Å². The van der Waals surface area contributed by atoms with E-state index >= 15 is 0 Å². The van der Waals surface area contributed by atoms with Crippen LogP contribution < -0.4 is 10.2 Å². The second-order valence-corrected chi connectivity index (χ2v) is 9.01. The highest BCUT2D eigenvalue weighted by atomic mass is 19.4. The van der Waals surface area contributed by atoms with Crippen molar-refractivity contribution in [3.05, 3.63) is 30.1 Å². The summed E-state index contributed by atoms with van der Waals surface area (Å²) in [5, 5.41) is 3.16. The van der Waals surface area contributed by atoms with Crippen molar-refractivity contribution < 1.29 is 18.0 Å². The third-order valence-electron chi connectivity index (χ3n) is 6.24. The maximum absolute atomic E-state index is 13.4. The van der Waals surface area contributed by atoms with Gasteiger partial charge in [0.1, 0.15) is 11.0 Å². The molecule has 2 fully saturated rings. The van der Waals surface area contributed by atoms with Crippen LogP contribution in [0, 0.1) is 11.8 Å². The second-order valence-electron chi connectivity index (χ2n) is 9.01. The number of rotatable bonds is 4. The highest BCUT2D eigenvalue weighted by molar-refractivity contribution is 5.91. The van der Waals surface area contributed by atoms with Crippen molar-refractivity contribution in [2.24, 2.45) is 11.8 Å². The summed E-state index contributed by atoms with van der Waals surface area (Å²) in [6.45, 7) is 5.29. The van der Waals surface area contributed by atoms with E-state index in [1.54, 1.807) is 0 Å². The summed E-state index contributed by atoms with van der Waals surface area (Å²) >= 11 is 0. The Kier molecular flexibility index (Phi) is 6.05. The van der Waals surface area contributed by atoms with Gasteiger partial charge in [0.2, 0.25) is 5.91 Å². The zero-order chi connectivity index (χ0) is 22.2. The van der Waals surface area contributed by atoms with Crippen molar-refractivity contribution in [3.8, 4) is 0 Å². The van der Waals surface area contributed by atoms with E-state index in [9.17, 15) is 18.0 Å². The van der Waals surface area contributed by atoms with Gasteiger partial charge in [0.15, 0.2) is 0 Å². The summed E-state index contributed by atoms with van der Waals surface area (Å²) in [6, 6.07) is 2.50. The lowest BCUT2D eigenvalue weighted by Gasteiger charge is -2.38. The molecule has 4 rings (SSSR count). The van der Waals surface area contributed by atoms with Gasteiger partial charge in [0, 0.05) is 44.5 Å². The number of halogens is 3. The van der Waals surface area contributed by atoms with E-state index in [1.165, 1.54) is 18.5 Å². The lowest BCUT2D eigenvalue weighted by atomic mass is 9.94. The highest BCUT2D eigenvalue weighted by Crippen LogP contribution is 2.37. The first kappa shape index (κ1) is 21.8. The molecule has 2 saturated heterocycles. The predicted molar refractivity (Wildman–Crippen MR) is 113 cm³/mol. The molecule has 0 radical (unpaired) electrons. The first-order valence-corrected chi connectivity index (χ1v) is 10.7. The molecule has 1 aromatic heterocycles. The Balaban J connectivity index is 1.52. The number of benzene rings is 1. The number of nitrogens with one attached hydrogen (secondary N) is 1.